The van der Waals surface area contributed by atoms with E-state index >= 15 is 0 Å². The van der Waals surface area contributed by atoms with E-state index < -0.39 is 74.1 Å². The second-order valence-electron chi connectivity index (χ2n) is 9.22. The number of rotatable bonds is 11. The molecule has 2 aliphatic rings. The molecule has 3 rings (SSSR count). The molecule has 228 valence electrons. The first kappa shape index (κ1) is 32.7. The zero-order valence-electron chi connectivity index (χ0n) is 22.0. The Morgan fingerprint density at radius 2 is 1.68 bits per heavy atom. The molecule has 1 heterocycles. The molecule has 18 heteroatoms. The van der Waals surface area contributed by atoms with E-state index in [0.29, 0.717) is 45.3 Å². The summed E-state index contributed by atoms with van der Waals surface area (Å²) in [5.41, 5.74) is 1.25. The first-order valence-electron chi connectivity index (χ1n) is 12.4. The van der Waals surface area contributed by atoms with Gasteiger partial charge < -0.3 is 9.64 Å². The average Bonchev–Trinajstić information content (AvgIpc) is 2.93. The van der Waals surface area contributed by atoms with Crippen molar-refractivity contribution in [1.82, 2.24) is 23.7 Å². The molecule has 0 spiro atoms. The van der Waals surface area contributed by atoms with E-state index in [-0.39, 0.29) is 12.2 Å². The second kappa shape index (κ2) is 13.9. The van der Waals surface area contributed by atoms with Crippen LogP contribution in [-0.2, 0) is 25.0 Å². The highest BCUT2D eigenvalue weighted by Gasteiger charge is 2.32. The van der Waals surface area contributed by atoms with Gasteiger partial charge >= 0.3 is 16.2 Å². The largest absolute Gasteiger partial charge is 0.456 e. The summed E-state index contributed by atoms with van der Waals surface area (Å²) >= 11 is 5.86. The van der Waals surface area contributed by atoms with Crippen molar-refractivity contribution in [2.24, 2.45) is 0 Å². The van der Waals surface area contributed by atoms with Crippen molar-refractivity contribution in [2.45, 2.75) is 37.0 Å². The fraction of sp³-hybridized carbons (Fsp3) is 0.478. The maximum atomic E-state index is 14.8. The molecule has 1 saturated heterocycles. The highest BCUT2D eigenvalue weighted by molar-refractivity contribution is 7.89. The smallest absolute Gasteiger partial charge is 0.332 e. The van der Waals surface area contributed by atoms with Crippen LogP contribution in [0.15, 0.2) is 40.0 Å². The van der Waals surface area contributed by atoms with Gasteiger partial charge in [0.15, 0.2) is 17.4 Å². The highest BCUT2D eigenvalue weighted by Crippen LogP contribution is 2.31. The summed E-state index contributed by atoms with van der Waals surface area (Å²) in [4.78, 5) is 24.6. The molecule has 0 unspecified atom stereocenters. The Kier molecular flexibility index (Phi) is 11.1. The molecule has 1 aromatic carbocycles. The number of likely N-dealkylation sites (N-methyl/N-ethyl adjacent to an activating group) is 1. The van der Waals surface area contributed by atoms with Crippen molar-refractivity contribution in [3.8, 4) is 5.75 Å². The van der Waals surface area contributed by atoms with Gasteiger partial charge in [0.05, 0.1) is 11.4 Å². The first-order chi connectivity index (χ1) is 19.2. The number of halogens is 3. The van der Waals surface area contributed by atoms with Crippen LogP contribution in [0.3, 0.4) is 0 Å². The number of sulfonamides is 1. The molecular weight excluding hydrogens is 612 g/mol. The lowest BCUT2D eigenvalue weighted by Gasteiger charge is -2.28. The summed E-state index contributed by atoms with van der Waals surface area (Å²) in [6.45, 7) is -1.52. The van der Waals surface area contributed by atoms with Gasteiger partial charge in [0.25, 0.3) is 5.91 Å². The maximum Gasteiger partial charge on any atom is 0.332 e. The monoisotopic (exact) mass is 641 g/mol. The number of hydrogen-bond donors (Lipinski definition) is 3. The van der Waals surface area contributed by atoms with E-state index in [1.807, 2.05) is 4.72 Å². The van der Waals surface area contributed by atoms with Crippen LogP contribution in [-0.4, -0.2) is 87.3 Å². The number of hydrogen-bond acceptors (Lipinski definition) is 8. The molecule has 41 heavy (non-hydrogen) atoms. The van der Waals surface area contributed by atoms with Crippen LogP contribution in [0.2, 0.25) is 0 Å². The molecule has 0 radical (unpaired) electrons. The summed E-state index contributed by atoms with van der Waals surface area (Å²) in [6.07, 6.45) is 5.92. The first-order valence-corrected chi connectivity index (χ1v) is 15.7. The fourth-order valence-corrected chi connectivity index (χ4v) is 6.34. The third-order valence-corrected chi connectivity index (χ3v) is 9.86. The molecule has 1 aromatic rings. The van der Waals surface area contributed by atoms with E-state index in [4.69, 9.17) is 21.5 Å². The van der Waals surface area contributed by atoms with Gasteiger partial charge in [-0.1, -0.05) is 11.6 Å². The Morgan fingerprint density at radius 1 is 1.05 bits per heavy atom. The summed E-state index contributed by atoms with van der Waals surface area (Å²) in [5, 5.41) is 9.44. The standard InChI is InChI=1S/C23H30ClF2N5O8S2/c1-29(41(37,38)28-23(33)30-9-3-2-4-10-30)11-12-31(15-21(32)27-34)40(35,36)18-13-19(25)22(20(26)14-18)39-17-7-5-16(24)6-8-17/h5,7,13-14,34H,2-4,6,8-12,15H2,1H3,(H,27,32)(H,28,33). The number of urea groups is 1. The third-order valence-electron chi connectivity index (χ3n) is 6.28. The highest BCUT2D eigenvalue weighted by atomic mass is 35.5. The van der Waals surface area contributed by atoms with Gasteiger partial charge in [0, 0.05) is 44.7 Å². The summed E-state index contributed by atoms with van der Waals surface area (Å²) in [6, 6.07) is 0.142. The third kappa shape index (κ3) is 8.59. The van der Waals surface area contributed by atoms with Crippen molar-refractivity contribution in [3.63, 3.8) is 0 Å². The molecule has 13 nitrogen and oxygen atoms in total. The van der Waals surface area contributed by atoms with Crippen molar-refractivity contribution in [3.05, 3.63) is 46.7 Å². The number of carbonyl (C=O) groups excluding carboxylic acids is 2. The van der Waals surface area contributed by atoms with Gasteiger partial charge in [-0.2, -0.15) is 17.0 Å². The summed E-state index contributed by atoms with van der Waals surface area (Å²) < 4.78 is 89.8. The minimum atomic E-state index is -4.82. The van der Waals surface area contributed by atoms with E-state index in [2.05, 4.69) is 0 Å². The molecule has 0 aromatic heterocycles. The Morgan fingerprint density at radius 3 is 2.24 bits per heavy atom. The molecule has 1 aliphatic heterocycles. The topological polar surface area (TPSA) is 166 Å². The van der Waals surface area contributed by atoms with E-state index in [1.54, 1.807) is 0 Å². The predicted molar refractivity (Wildman–Crippen MR) is 142 cm³/mol. The maximum absolute atomic E-state index is 14.8. The molecule has 0 saturated carbocycles. The lowest BCUT2D eigenvalue weighted by molar-refractivity contribution is -0.129. The number of nitrogens with zero attached hydrogens (tertiary/aromatic N) is 3. The van der Waals surface area contributed by atoms with Crippen LogP contribution in [0.4, 0.5) is 13.6 Å². The normalized spacial score (nSPS) is 16.3. The summed E-state index contributed by atoms with van der Waals surface area (Å²) in [7, 11) is -8.18. The van der Waals surface area contributed by atoms with Gasteiger partial charge in [-0.05, 0) is 50.0 Å². The quantitative estimate of drug-likeness (QED) is 0.244. The van der Waals surface area contributed by atoms with Crippen molar-refractivity contribution >= 4 is 43.8 Å². The molecule has 3 N–H and O–H groups in total. The van der Waals surface area contributed by atoms with Gasteiger partial charge in [0.2, 0.25) is 10.0 Å². The lowest BCUT2D eigenvalue weighted by Crippen LogP contribution is -2.51. The second-order valence-corrected chi connectivity index (χ2v) is 13.4. The van der Waals surface area contributed by atoms with Gasteiger partial charge in [0.1, 0.15) is 5.76 Å². The molecule has 0 atom stereocenters. The van der Waals surface area contributed by atoms with Crippen molar-refractivity contribution in [2.75, 3.05) is 39.8 Å². The van der Waals surface area contributed by atoms with E-state index in [9.17, 15) is 35.2 Å². The van der Waals surface area contributed by atoms with Crippen molar-refractivity contribution < 1.29 is 45.1 Å². The minimum Gasteiger partial charge on any atom is -0.456 e. The number of allylic oxidation sites excluding steroid dienone is 4. The number of benzene rings is 1. The molecule has 1 aliphatic carbocycles. The van der Waals surface area contributed by atoms with Crippen LogP contribution >= 0.6 is 11.6 Å². The van der Waals surface area contributed by atoms with Gasteiger partial charge in [-0.25, -0.2) is 32.2 Å². The average molecular weight is 642 g/mol. The molecule has 0 bridgehead atoms. The molecular formula is C23H30ClF2N5O8S2. The molecule has 3 amide bonds. The molecule has 1 fully saturated rings. The zero-order valence-corrected chi connectivity index (χ0v) is 24.4. The van der Waals surface area contributed by atoms with E-state index in [0.717, 1.165) is 26.3 Å². The van der Waals surface area contributed by atoms with Crippen molar-refractivity contribution in [1.29, 1.82) is 0 Å². The predicted octanol–water partition coefficient (Wildman–Crippen LogP) is 2.01. The van der Waals surface area contributed by atoms with Gasteiger partial charge in [-0.15, -0.1) is 0 Å². The number of hydroxylamine groups is 1. The van der Waals surface area contributed by atoms with E-state index in [1.165, 1.54) is 22.5 Å². The Labute approximate surface area is 241 Å². The Balaban J connectivity index is 1.78. The number of likely N-dealkylation sites (tertiary alicyclic amines) is 1. The number of nitrogens with one attached hydrogen (secondary N) is 2. The zero-order chi connectivity index (χ0) is 30.4. The number of amides is 3. The van der Waals surface area contributed by atoms with Crippen LogP contribution in [0.1, 0.15) is 32.1 Å². The van der Waals surface area contributed by atoms with Crippen LogP contribution in [0, 0.1) is 11.6 Å². The number of ether oxygens (including phenoxy) is 1. The number of piperidine rings is 1. The SMILES string of the molecule is CN(CCN(CC(=O)NO)S(=O)(=O)c1cc(F)c(OC2=CC=C(Cl)CC2)c(F)c1)S(=O)(=O)NC(=O)N1CCCCC1. The van der Waals surface area contributed by atoms with Crippen LogP contribution in [0.5, 0.6) is 5.75 Å². The summed E-state index contributed by atoms with van der Waals surface area (Å²) in [5.74, 6) is -4.56. The van der Waals surface area contributed by atoms with Crippen LogP contribution in [0.25, 0.3) is 0 Å². The lowest BCUT2D eigenvalue weighted by atomic mass is 10.1. The number of carbonyl (C=O) groups is 2. The minimum absolute atomic E-state index is 0.195. The van der Waals surface area contributed by atoms with Crippen LogP contribution < -0.4 is 14.9 Å². The van der Waals surface area contributed by atoms with Gasteiger partial charge in [-0.3, -0.25) is 10.0 Å². The Bertz CT molecular complexity index is 1410. The Hall–Kier alpha value is -2.83. The fourth-order valence-electron chi connectivity index (χ4n) is 3.94.